The molecular weight excluding hydrogens is 310 g/mol. The van der Waals surface area contributed by atoms with Crippen LogP contribution in [0.25, 0.3) is 11.3 Å². The quantitative estimate of drug-likeness (QED) is 0.719. The zero-order valence-corrected chi connectivity index (χ0v) is 15.8. The van der Waals surface area contributed by atoms with E-state index in [1.54, 1.807) is 0 Å². The number of likely N-dealkylation sites (tertiary alicyclic amines) is 1. The van der Waals surface area contributed by atoms with Crippen molar-refractivity contribution in [2.24, 2.45) is 5.41 Å². The van der Waals surface area contributed by atoms with Crippen molar-refractivity contribution in [3.05, 3.63) is 42.9 Å². The number of rotatable bonds is 6. The van der Waals surface area contributed by atoms with Crippen molar-refractivity contribution in [2.75, 3.05) is 13.1 Å². The van der Waals surface area contributed by atoms with E-state index in [1.165, 1.54) is 17.7 Å². The largest absolute Gasteiger partial charge is 0.345 e. The number of imidazole rings is 1. The van der Waals surface area contributed by atoms with Gasteiger partial charge in [0.05, 0.1) is 18.2 Å². The molecule has 136 valence electrons. The predicted octanol–water partition coefficient (Wildman–Crippen LogP) is 4.62. The van der Waals surface area contributed by atoms with Crippen LogP contribution in [-0.4, -0.2) is 34.0 Å². The second-order valence-corrected chi connectivity index (χ2v) is 6.89. The van der Waals surface area contributed by atoms with Gasteiger partial charge in [-0.2, -0.15) is 0 Å². The third kappa shape index (κ3) is 5.18. The van der Waals surface area contributed by atoms with Gasteiger partial charge in [-0.15, -0.1) is 0 Å². The van der Waals surface area contributed by atoms with E-state index in [0.717, 1.165) is 45.3 Å². The number of piperidine rings is 1. The smallest absolute Gasteiger partial charge is 0.209 e. The summed E-state index contributed by atoms with van der Waals surface area (Å²) >= 11 is 0. The van der Waals surface area contributed by atoms with Crippen LogP contribution in [0.3, 0.4) is 0 Å². The molecule has 0 atom stereocenters. The average Bonchev–Trinajstić information content (AvgIpc) is 3.13. The van der Waals surface area contributed by atoms with Crippen molar-refractivity contribution < 1.29 is 4.79 Å². The number of aryl methyl sites for hydroxylation is 1. The van der Waals surface area contributed by atoms with Crippen molar-refractivity contribution in [3.63, 3.8) is 0 Å². The molecule has 4 nitrogen and oxygen atoms in total. The summed E-state index contributed by atoms with van der Waals surface area (Å²) in [5.74, 6) is 0. The number of hydrogen-bond acceptors (Lipinski definition) is 2. The van der Waals surface area contributed by atoms with Crippen molar-refractivity contribution in [3.8, 4) is 11.3 Å². The molecule has 0 bridgehead atoms. The van der Waals surface area contributed by atoms with Crippen LogP contribution in [0.4, 0.5) is 0 Å². The molecule has 2 heterocycles. The van der Waals surface area contributed by atoms with Crippen molar-refractivity contribution in [1.82, 2.24) is 14.5 Å². The number of hydrogen-bond donors (Lipinski definition) is 0. The number of nitrogens with zero attached hydrogens (tertiary/aromatic N) is 3. The van der Waals surface area contributed by atoms with E-state index >= 15 is 0 Å². The fourth-order valence-corrected chi connectivity index (χ4v) is 3.44. The maximum Gasteiger partial charge on any atom is 0.209 e. The van der Waals surface area contributed by atoms with Gasteiger partial charge in [-0.05, 0) is 36.7 Å². The Bertz CT molecular complexity index is 628. The molecule has 0 saturated carbocycles. The summed E-state index contributed by atoms with van der Waals surface area (Å²) in [4.78, 5) is 17.0. The lowest BCUT2D eigenvalue weighted by Gasteiger charge is -2.38. The molecule has 1 saturated heterocycles. The lowest BCUT2D eigenvalue weighted by molar-refractivity contribution is -0.120. The molecule has 1 aliphatic rings. The molecule has 25 heavy (non-hydrogen) atoms. The molecule has 4 heteroatoms. The standard InChI is InChI=1S/C19H25N3O.C2H6/c1-19(9-12-21(16-23)13-10-19)8-5-11-22-15-20-14-18(22)17-6-3-2-4-7-17;1-2/h2-4,6-7,14-16H,5,8-13H2,1H3;1-2H3. The van der Waals surface area contributed by atoms with E-state index in [9.17, 15) is 4.79 Å². The van der Waals surface area contributed by atoms with Gasteiger partial charge in [0, 0.05) is 19.6 Å². The van der Waals surface area contributed by atoms with Crippen molar-refractivity contribution in [2.45, 2.75) is 53.0 Å². The summed E-state index contributed by atoms with van der Waals surface area (Å²) < 4.78 is 2.25. The van der Waals surface area contributed by atoms with Crippen LogP contribution in [0, 0.1) is 5.41 Å². The van der Waals surface area contributed by atoms with Crippen LogP contribution >= 0.6 is 0 Å². The Morgan fingerprint density at radius 3 is 2.48 bits per heavy atom. The van der Waals surface area contributed by atoms with Crippen LogP contribution in [0.1, 0.15) is 46.5 Å². The first-order valence-corrected chi connectivity index (χ1v) is 9.45. The maximum absolute atomic E-state index is 10.8. The fourth-order valence-electron chi connectivity index (χ4n) is 3.44. The second kappa shape index (κ2) is 9.40. The van der Waals surface area contributed by atoms with E-state index in [4.69, 9.17) is 0 Å². The Morgan fingerprint density at radius 2 is 1.84 bits per heavy atom. The highest BCUT2D eigenvalue weighted by Gasteiger charge is 2.29. The van der Waals surface area contributed by atoms with Gasteiger partial charge in [-0.3, -0.25) is 4.79 Å². The van der Waals surface area contributed by atoms with Gasteiger partial charge in [-0.1, -0.05) is 51.1 Å². The van der Waals surface area contributed by atoms with Crippen molar-refractivity contribution >= 4 is 6.41 Å². The molecule has 1 aromatic heterocycles. The highest BCUT2D eigenvalue weighted by atomic mass is 16.1. The zero-order valence-electron chi connectivity index (χ0n) is 15.8. The van der Waals surface area contributed by atoms with E-state index in [1.807, 2.05) is 37.3 Å². The maximum atomic E-state index is 10.8. The molecule has 0 radical (unpaired) electrons. The van der Waals surface area contributed by atoms with E-state index < -0.39 is 0 Å². The van der Waals surface area contributed by atoms with Gasteiger partial charge in [0.15, 0.2) is 0 Å². The number of amides is 1. The zero-order chi connectivity index (χ0) is 18.1. The Labute approximate surface area is 151 Å². The number of aromatic nitrogens is 2. The Morgan fingerprint density at radius 1 is 1.16 bits per heavy atom. The topological polar surface area (TPSA) is 38.1 Å². The first-order chi connectivity index (χ1) is 12.2. The summed E-state index contributed by atoms with van der Waals surface area (Å²) in [5, 5.41) is 0. The minimum atomic E-state index is 0.368. The fraction of sp³-hybridized carbons (Fsp3) is 0.524. The monoisotopic (exact) mass is 341 g/mol. The van der Waals surface area contributed by atoms with Gasteiger partial charge < -0.3 is 9.47 Å². The van der Waals surface area contributed by atoms with Gasteiger partial charge in [0.2, 0.25) is 6.41 Å². The first-order valence-electron chi connectivity index (χ1n) is 9.45. The Balaban J connectivity index is 0.00000109. The first kappa shape index (κ1) is 19.2. The Kier molecular flexibility index (Phi) is 7.23. The van der Waals surface area contributed by atoms with Crippen LogP contribution in [0.5, 0.6) is 0 Å². The summed E-state index contributed by atoms with van der Waals surface area (Å²) in [7, 11) is 0. The molecular formula is C21H31N3O. The van der Waals surface area contributed by atoms with Crippen molar-refractivity contribution in [1.29, 1.82) is 0 Å². The van der Waals surface area contributed by atoms with Crippen LogP contribution in [0.15, 0.2) is 42.9 Å². The summed E-state index contributed by atoms with van der Waals surface area (Å²) in [5.41, 5.74) is 2.77. The van der Waals surface area contributed by atoms with Gasteiger partial charge in [0.1, 0.15) is 0 Å². The summed E-state index contributed by atoms with van der Waals surface area (Å²) in [6.07, 6.45) is 9.43. The lowest BCUT2D eigenvalue weighted by atomic mass is 9.77. The molecule has 3 rings (SSSR count). The molecule has 1 fully saturated rings. The molecule has 0 unspecified atom stereocenters. The number of benzene rings is 1. The van der Waals surface area contributed by atoms with Crippen LogP contribution in [0.2, 0.25) is 0 Å². The number of carbonyl (C=O) groups excluding carboxylic acids is 1. The molecule has 0 N–H and O–H groups in total. The molecule has 2 aromatic rings. The number of carbonyl (C=O) groups is 1. The SMILES string of the molecule is CC.CC1(CCCn2cncc2-c2ccccc2)CCN(C=O)CC1. The highest BCUT2D eigenvalue weighted by Crippen LogP contribution is 2.35. The van der Waals surface area contributed by atoms with Gasteiger partial charge >= 0.3 is 0 Å². The summed E-state index contributed by atoms with van der Waals surface area (Å²) in [6.45, 7) is 9.17. The lowest BCUT2D eigenvalue weighted by Crippen LogP contribution is -2.37. The van der Waals surface area contributed by atoms with Crippen LogP contribution in [-0.2, 0) is 11.3 Å². The Hall–Kier alpha value is -2.10. The average molecular weight is 341 g/mol. The third-order valence-electron chi connectivity index (χ3n) is 5.12. The minimum absolute atomic E-state index is 0.368. The molecule has 1 aromatic carbocycles. The normalized spacial score (nSPS) is 16.0. The van der Waals surface area contributed by atoms with E-state index in [-0.39, 0.29) is 0 Å². The molecule has 1 amide bonds. The highest BCUT2D eigenvalue weighted by molar-refractivity contribution is 5.58. The van der Waals surface area contributed by atoms with Gasteiger partial charge in [-0.25, -0.2) is 4.98 Å². The second-order valence-electron chi connectivity index (χ2n) is 6.89. The van der Waals surface area contributed by atoms with Crippen LogP contribution < -0.4 is 0 Å². The summed E-state index contributed by atoms with van der Waals surface area (Å²) in [6, 6.07) is 10.4. The molecule has 0 aliphatic carbocycles. The van der Waals surface area contributed by atoms with E-state index in [2.05, 4.69) is 40.7 Å². The molecule has 0 spiro atoms. The van der Waals surface area contributed by atoms with Gasteiger partial charge in [0.25, 0.3) is 0 Å². The third-order valence-corrected chi connectivity index (χ3v) is 5.12. The minimum Gasteiger partial charge on any atom is -0.345 e. The predicted molar refractivity (Wildman–Crippen MR) is 103 cm³/mol. The van der Waals surface area contributed by atoms with E-state index in [0.29, 0.717) is 5.41 Å². The molecule has 1 aliphatic heterocycles.